The summed E-state index contributed by atoms with van der Waals surface area (Å²) < 4.78 is 39.2. The number of nitrogens with two attached hydrogens (primary N) is 1. The Balaban J connectivity index is 2.43. The van der Waals surface area contributed by atoms with E-state index in [1.165, 1.54) is 23.9 Å². The smallest absolute Gasteiger partial charge is 0.409 e. The van der Waals surface area contributed by atoms with Crippen molar-refractivity contribution in [1.29, 1.82) is 0 Å². The molecular weight excluding hydrogens is 301 g/mol. The van der Waals surface area contributed by atoms with E-state index in [2.05, 4.69) is 5.16 Å². The van der Waals surface area contributed by atoms with Crippen LogP contribution in [0.3, 0.4) is 0 Å². The molecule has 0 aromatic heterocycles. The number of oxime groups is 1. The Bertz CT molecular complexity index is 657. The lowest BCUT2D eigenvalue weighted by Crippen LogP contribution is -2.20. The van der Waals surface area contributed by atoms with Gasteiger partial charge < -0.3 is 10.9 Å². The first kappa shape index (κ1) is 15.2. The lowest BCUT2D eigenvalue weighted by molar-refractivity contribution is -0.137. The van der Waals surface area contributed by atoms with Gasteiger partial charge in [0.25, 0.3) is 0 Å². The minimum absolute atomic E-state index is 0.345. The normalized spacial score (nSPS) is 12.4. The van der Waals surface area contributed by atoms with Gasteiger partial charge in [0.2, 0.25) is 0 Å². The van der Waals surface area contributed by atoms with E-state index >= 15 is 0 Å². The molecule has 7 heteroatoms. The standard InChI is InChI=1S/C14H11F3N2OS/c15-14(16,17)12-8-10(6-7-11(12)13(18)19-20)21-9-4-2-1-3-5-9/h1-8,20H,(H2,18,19). The highest BCUT2D eigenvalue weighted by atomic mass is 32.2. The number of nitrogens with zero attached hydrogens (tertiary/aromatic N) is 1. The van der Waals surface area contributed by atoms with Gasteiger partial charge in [-0.05, 0) is 30.3 Å². The van der Waals surface area contributed by atoms with E-state index in [9.17, 15) is 13.2 Å². The molecule has 3 N–H and O–H groups in total. The molecule has 0 aliphatic carbocycles. The van der Waals surface area contributed by atoms with Crippen molar-refractivity contribution >= 4 is 17.6 Å². The summed E-state index contributed by atoms with van der Waals surface area (Å²) in [5.41, 5.74) is 4.01. The van der Waals surface area contributed by atoms with Crippen LogP contribution in [0.5, 0.6) is 0 Å². The van der Waals surface area contributed by atoms with Crippen LogP contribution in [0.25, 0.3) is 0 Å². The molecular formula is C14H11F3N2OS. The van der Waals surface area contributed by atoms with Gasteiger partial charge in [0.15, 0.2) is 5.84 Å². The molecule has 3 nitrogen and oxygen atoms in total. The first-order valence-electron chi connectivity index (χ1n) is 5.84. The van der Waals surface area contributed by atoms with Crippen LogP contribution in [-0.4, -0.2) is 11.0 Å². The Hall–Kier alpha value is -2.15. The zero-order valence-corrected chi connectivity index (χ0v) is 11.4. The van der Waals surface area contributed by atoms with E-state index in [0.29, 0.717) is 4.90 Å². The lowest BCUT2D eigenvalue weighted by atomic mass is 10.1. The number of halogens is 3. The van der Waals surface area contributed by atoms with Crippen molar-refractivity contribution < 1.29 is 18.4 Å². The average molecular weight is 312 g/mol. The third kappa shape index (κ3) is 3.69. The highest BCUT2D eigenvalue weighted by Gasteiger charge is 2.34. The van der Waals surface area contributed by atoms with Gasteiger partial charge in [-0.25, -0.2) is 0 Å². The Kier molecular flexibility index (Phi) is 4.42. The molecule has 21 heavy (non-hydrogen) atoms. The second kappa shape index (κ2) is 6.09. The van der Waals surface area contributed by atoms with Crippen molar-refractivity contribution in [2.24, 2.45) is 10.9 Å². The topological polar surface area (TPSA) is 58.6 Å². The maximum atomic E-state index is 13.1. The summed E-state index contributed by atoms with van der Waals surface area (Å²) in [5, 5.41) is 11.2. The van der Waals surface area contributed by atoms with Crippen molar-refractivity contribution in [3.8, 4) is 0 Å². The van der Waals surface area contributed by atoms with Crippen LogP contribution in [0.4, 0.5) is 13.2 Å². The predicted molar refractivity (Wildman–Crippen MR) is 74.5 cm³/mol. The van der Waals surface area contributed by atoms with Crippen molar-refractivity contribution in [1.82, 2.24) is 0 Å². The first-order chi connectivity index (χ1) is 9.91. The molecule has 0 unspecified atom stereocenters. The third-order valence-corrected chi connectivity index (χ3v) is 3.66. The van der Waals surface area contributed by atoms with E-state index in [-0.39, 0.29) is 5.56 Å². The fraction of sp³-hybridized carbons (Fsp3) is 0.0714. The van der Waals surface area contributed by atoms with Crippen molar-refractivity contribution in [2.75, 3.05) is 0 Å². The number of benzene rings is 2. The molecule has 2 aromatic carbocycles. The molecule has 0 saturated heterocycles. The fourth-order valence-electron chi connectivity index (χ4n) is 1.72. The van der Waals surface area contributed by atoms with Gasteiger partial charge in [0, 0.05) is 15.4 Å². The summed E-state index contributed by atoms with van der Waals surface area (Å²) in [4.78, 5) is 1.24. The lowest BCUT2D eigenvalue weighted by Gasteiger charge is -2.13. The monoisotopic (exact) mass is 312 g/mol. The molecule has 0 bridgehead atoms. The highest BCUT2D eigenvalue weighted by Crippen LogP contribution is 2.36. The summed E-state index contributed by atoms with van der Waals surface area (Å²) in [6, 6.07) is 12.7. The second-order valence-corrected chi connectivity index (χ2v) is 5.25. The number of alkyl halides is 3. The molecule has 2 aromatic rings. The van der Waals surface area contributed by atoms with Gasteiger partial charge in [0.05, 0.1) is 5.56 Å². The molecule has 0 radical (unpaired) electrons. The van der Waals surface area contributed by atoms with E-state index in [0.717, 1.165) is 11.0 Å². The Morgan fingerprint density at radius 2 is 1.71 bits per heavy atom. The minimum atomic E-state index is -4.59. The molecule has 0 spiro atoms. The van der Waals surface area contributed by atoms with Crippen LogP contribution in [0.1, 0.15) is 11.1 Å². The number of hydrogen-bond donors (Lipinski definition) is 2. The van der Waals surface area contributed by atoms with E-state index in [1.54, 1.807) is 24.3 Å². The molecule has 0 atom stereocenters. The molecule has 0 saturated carbocycles. The second-order valence-electron chi connectivity index (χ2n) is 4.11. The van der Waals surface area contributed by atoms with Crippen LogP contribution in [0, 0.1) is 0 Å². The predicted octanol–water partition coefficient (Wildman–Crippen LogP) is 3.95. The highest BCUT2D eigenvalue weighted by molar-refractivity contribution is 7.99. The van der Waals surface area contributed by atoms with Gasteiger partial charge >= 0.3 is 6.18 Å². The maximum absolute atomic E-state index is 13.1. The Labute approximate surface area is 123 Å². The zero-order chi connectivity index (χ0) is 15.5. The van der Waals surface area contributed by atoms with Crippen LogP contribution < -0.4 is 5.73 Å². The molecule has 0 aliphatic heterocycles. The van der Waals surface area contributed by atoms with Crippen LogP contribution in [0.15, 0.2) is 63.5 Å². The number of hydrogen-bond acceptors (Lipinski definition) is 3. The third-order valence-electron chi connectivity index (χ3n) is 2.66. The number of amidine groups is 1. The first-order valence-corrected chi connectivity index (χ1v) is 6.65. The maximum Gasteiger partial charge on any atom is 0.417 e. The van der Waals surface area contributed by atoms with Crippen LogP contribution in [0.2, 0.25) is 0 Å². The van der Waals surface area contributed by atoms with E-state index in [4.69, 9.17) is 10.9 Å². The van der Waals surface area contributed by atoms with Crippen molar-refractivity contribution in [3.63, 3.8) is 0 Å². The summed E-state index contributed by atoms with van der Waals surface area (Å²) in [6.07, 6.45) is -4.59. The summed E-state index contributed by atoms with van der Waals surface area (Å²) >= 11 is 1.20. The summed E-state index contributed by atoms with van der Waals surface area (Å²) in [7, 11) is 0. The molecule has 0 fully saturated rings. The van der Waals surface area contributed by atoms with Gasteiger partial charge in [-0.15, -0.1) is 0 Å². The molecule has 2 rings (SSSR count). The molecule has 0 heterocycles. The zero-order valence-electron chi connectivity index (χ0n) is 10.6. The van der Waals surface area contributed by atoms with Gasteiger partial charge in [0.1, 0.15) is 0 Å². The average Bonchev–Trinajstić information content (AvgIpc) is 2.46. The van der Waals surface area contributed by atoms with Crippen LogP contribution >= 0.6 is 11.8 Å². The Morgan fingerprint density at radius 3 is 2.29 bits per heavy atom. The SMILES string of the molecule is N/C(=N\O)c1ccc(Sc2ccccc2)cc1C(F)(F)F. The van der Waals surface area contributed by atoms with Gasteiger partial charge in [-0.2, -0.15) is 13.2 Å². The summed E-state index contributed by atoms with van der Waals surface area (Å²) in [6.45, 7) is 0. The fourth-order valence-corrected chi connectivity index (χ4v) is 2.60. The Morgan fingerprint density at radius 1 is 1.05 bits per heavy atom. The van der Waals surface area contributed by atoms with E-state index in [1.807, 2.05) is 6.07 Å². The summed E-state index contributed by atoms with van der Waals surface area (Å²) in [5.74, 6) is -0.571. The van der Waals surface area contributed by atoms with Gasteiger partial charge in [-0.1, -0.05) is 35.1 Å². The van der Waals surface area contributed by atoms with Crippen LogP contribution in [-0.2, 0) is 6.18 Å². The number of rotatable bonds is 3. The van der Waals surface area contributed by atoms with Gasteiger partial charge in [-0.3, -0.25) is 0 Å². The van der Waals surface area contributed by atoms with Crippen molar-refractivity contribution in [2.45, 2.75) is 16.0 Å². The quantitative estimate of drug-likeness (QED) is 0.390. The molecule has 0 amide bonds. The molecule has 110 valence electrons. The van der Waals surface area contributed by atoms with Crippen molar-refractivity contribution in [3.05, 3.63) is 59.7 Å². The molecule has 0 aliphatic rings. The van der Waals surface area contributed by atoms with E-state index < -0.39 is 17.6 Å². The largest absolute Gasteiger partial charge is 0.417 e. The minimum Gasteiger partial charge on any atom is -0.409 e.